The van der Waals surface area contributed by atoms with E-state index in [1.165, 1.54) is 0 Å². The zero-order chi connectivity index (χ0) is 20.1. The van der Waals surface area contributed by atoms with Crippen molar-refractivity contribution in [2.75, 3.05) is 27.2 Å². The predicted molar refractivity (Wildman–Crippen MR) is 114 cm³/mol. The summed E-state index contributed by atoms with van der Waals surface area (Å²) in [4.78, 5) is 17.1. The zero-order valence-corrected chi connectivity index (χ0v) is 17.8. The van der Waals surface area contributed by atoms with Gasteiger partial charge < -0.3 is 9.64 Å². The molecule has 0 N–H and O–H groups in total. The molecule has 2 aromatic rings. The van der Waals surface area contributed by atoms with Crippen LogP contribution >= 0.6 is 23.2 Å². The lowest BCUT2D eigenvalue weighted by molar-refractivity contribution is -0.136. The molecule has 0 saturated carbocycles. The standard InChI is InChI=1S/C22H26Cl2N2O2/c1-25(13-16-5-8-19(28-2)9-6-16)22(27)18-4-3-11-26(15-18)14-17-7-10-20(23)21(24)12-17/h5-10,12,18H,3-4,11,13-15H2,1-2H3. The first-order valence-corrected chi connectivity index (χ1v) is 10.3. The van der Waals surface area contributed by atoms with E-state index in [1.54, 1.807) is 7.11 Å². The molecule has 2 aromatic carbocycles. The Kier molecular flexibility index (Phi) is 7.22. The fourth-order valence-electron chi connectivity index (χ4n) is 3.69. The van der Waals surface area contributed by atoms with E-state index in [9.17, 15) is 4.79 Å². The van der Waals surface area contributed by atoms with Crippen molar-refractivity contribution < 1.29 is 9.53 Å². The third-order valence-electron chi connectivity index (χ3n) is 5.20. The Morgan fingerprint density at radius 2 is 1.86 bits per heavy atom. The molecule has 1 aliphatic heterocycles. The minimum atomic E-state index is 0.0276. The highest BCUT2D eigenvalue weighted by atomic mass is 35.5. The quantitative estimate of drug-likeness (QED) is 0.667. The Hall–Kier alpha value is -1.75. The molecule has 6 heteroatoms. The minimum Gasteiger partial charge on any atom is -0.497 e. The molecule has 1 heterocycles. The van der Waals surface area contributed by atoms with Crippen LogP contribution in [0.1, 0.15) is 24.0 Å². The lowest BCUT2D eigenvalue weighted by Gasteiger charge is -2.34. The SMILES string of the molecule is COc1ccc(CN(C)C(=O)C2CCCN(Cc3ccc(Cl)c(Cl)c3)C2)cc1. The third kappa shape index (κ3) is 5.40. The highest BCUT2D eigenvalue weighted by Gasteiger charge is 2.28. The van der Waals surface area contributed by atoms with Crippen LogP contribution in [0.15, 0.2) is 42.5 Å². The smallest absolute Gasteiger partial charge is 0.227 e. The molecular weight excluding hydrogens is 395 g/mol. The molecule has 28 heavy (non-hydrogen) atoms. The zero-order valence-electron chi connectivity index (χ0n) is 16.3. The maximum atomic E-state index is 13.0. The van der Waals surface area contributed by atoms with Crippen molar-refractivity contribution >= 4 is 29.1 Å². The minimum absolute atomic E-state index is 0.0276. The van der Waals surface area contributed by atoms with E-state index in [-0.39, 0.29) is 11.8 Å². The number of hydrogen-bond acceptors (Lipinski definition) is 3. The van der Waals surface area contributed by atoms with Crippen molar-refractivity contribution in [1.82, 2.24) is 9.80 Å². The maximum Gasteiger partial charge on any atom is 0.227 e. The molecule has 1 saturated heterocycles. The first-order valence-electron chi connectivity index (χ1n) is 9.50. The van der Waals surface area contributed by atoms with Crippen molar-refractivity contribution in [3.63, 3.8) is 0 Å². The van der Waals surface area contributed by atoms with Gasteiger partial charge in [-0.05, 0) is 54.8 Å². The number of halogens is 2. The Morgan fingerprint density at radius 1 is 1.14 bits per heavy atom. The van der Waals surface area contributed by atoms with Crippen molar-refractivity contribution in [2.24, 2.45) is 5.92 Å². The van der Waals surface area contributed by atoms with Crippen molar-refractivity contribution in [1.29, 1.82) is 0 Å². The molecule has 1 fully saturated rings. The number of carbonyl (C=O) groups excluding carboxylic acids is 1. The normalized spacial score (nSPS) is 17.4. The predicted octanol–water partition coefficient (Wildman–Crippen LogP) is 4.87. The number of benzene rings is 2. The molecule has 150 valence electrons. The number of nitrogens with zero attached hydrogens (tertiary/aromatic N) is 2. The number of carbonyl (C=O) groups is 1. The number of likely N-dealkylation sites (tertiary alicyclic amines) is 1. The average molecular weight is 421 g/mol. The number of piperidine rings is 1. The van der Waals surface area contributed by atoms with Crippen LogP contribution in [0.2, 0.25) is 10.0 Å². The highest BCUT2D eigenvalue weighted by Crippen LogP contribution is 2.25. The van der Waals surface area contributed by atoms with Gasteiger partial charge in [-0.2, -0.15) is 0 Å². The van der Waals surface area contributed by atoms with Gasteiger partial charge in [-0.25, -0.2) is 0 Å². The molecule has 1 atom stereocenters. The van der Waals surface area contributed by atoms with Gasteiger partial charge in [0.15, 0.2) is 0 Å². The second-order valence-electron chi connectivity index (χ2n) is 7.37. The topological polar surface area (TPSA) is 32.8 Å². The van der Waals surface area contributed by atoms with E-state index in [0.29, 0.717) is 16.6 Å². The number of hydrogen-bond donors (Lipinski definition) is 0. The van der Waals surface area contributed by atoms with Crippen LogP contribution in [-0.4, -0.2) is 43.0 Å². The van der Waals surface area contributed by atoms with Crippen LogP contribution in [-0.2, 0) is 17.9 Å². The molecule has 0 aromatic heterocycles. The van der Waals surface area contributed by atoms with E-state index in [2.05, 4.69) is 4.90 Å². The van der Waals surface area contributed by atoms with Gasteiger partial charge in [0, 0.05) is 26.7 Å². The second-order valence-corrected chi connectivity index (χ2v) is 8.18. The van der Waals surface area contributed by atoms with Crippen LogP contribution < -0.4 is 4.74 Å². The molecule has 1 amide bonds. The van der Waals surface area contributed by atoms with Gasteiger partial charge in [-0.1, -0.05) is 41.4 Å². The summed E-state index contributed by atoms with van der Waals surface area (Å²) in [5, 5.41) is 1.14. The van der Waals surface area contributed by atoms with E-state index < -0.39 is 0 Å². The van der Waals surface area contributed by atoms with Gasteiger partial charge in [0.2, 0.25) is 5.91 Å². The van der Waals surface area contributed by atoms with E-state index in [0.717, 1.165) is 49.4 Å². The number of ether oxygens (including phenoxy) is 1. The van der Waals surface area contributed by atoms with Gasteiger partial charge in [0.05, 0.1) is 23.1 Å². The number of methoxy groups -OCH3 is 1. The van der Waals surface area contributed by atoms with E-state index in [4.69, 9.17) is 27.9 Å². The van der Waals surface area contributed by atoms with Crippen molar-refractivity contribution in [3.05, 3.63) is 63.6 Å². The summed E-state index contributed by atoms with van der Waals surface area (Å²) in [6.07, 6.45) is 1.96. The van der Waals surface area contributed by atoms with E-state index >= 15 is 0 Å². The molecule has 0 bridgehead atoms. The Morgan fingerprint density at radius 3 is 2.54 bits per heavy atom. The van der Waals surface area contributed by atoms with Crippen molar-refractivity contribution in [3.8, 4) is 5.75 Å². The second kappa shape index (κ2) is 9.64. The summed E-state index contributed by atoms with van der Waals surface area (Å²) >= 11 is 12.1. The molecule has 0 spiro atoms. The largest absolute Gasteiger partial charge is 0.497 e. The van der Waals surface area contributed by atoms with Crippen molar-refractivity contribution in [2.45, 2.75) is 25.9 Å². The lowest BCUT2D eigenvalue weighted by atomic mass is 9.96. The number of rotatable bonds is 6. The van der Waals surface area contributed by atoms with Crippen LogP contribution in [0.25, 0.3) is 0 Å². The summed E-state index contributed by atoms with van der Waals surface area (Å²) in [5.74, 6) is 1.05. The van der Waals surface area contributed by atoms with Gasteiger partial charge in [0.25, 0.3) is 0 Å². The Labute approximate surface area is 177 Å². The van der Waals surface area contributed by atoms with Crippen LogP contribution in [0.4, 0.5) is 0 Å². The summed E-state index contributed by atoms with van der Waals surface area (Å²) in [5.41, 5.74) is 2.22. The van der Waals surface area contributed by atoms with Crippen LogP contribution in [0, 0.1) is 5.92 Å². The Balaban J connectivity index is 1.57. The first-order chi connectivity index (χ1) is 13.5. The Bertz CT molecular complexity index is 811. The third-order valence-corrected chi connectivity index (χ3v) is 5.94. The fraction of sp³-hybridized carbons (Fsp3) is 0.409. The van der Waals surface area contributed by atoms with Crippen LogP contribution in [0.3, 0.4) is 0 Å². The molecule has 1 aliphatic rings. The average Bonchev–Trinajstić information content (AvgIpc) is 2.71. The summed E-state index contributed by atoms with van der Waals surface area (Å²) in [7, 11) is 3.53. The monoisotopic (exact) mass is 420 g/mol. The maximum absolute atomic E-state index is 13.0. The molecule has 3 rings (SSSR count). The highest BCUT2D eigenvalue weighted by molar-refractivity contribution is 6.42. The van der Waals surface area contributed by atoms with Gasteiger partial charge in [-0.3, -0.25) is 9.69 Å². The van der Waals surface area contributed by atoms with E-state index in [1.807, 2.05) is 54.4 Å². The van der Waals surface area contributed by atoms with Gasteiger partial charge >= 0.3 is 0 Å². The summed E-state index contributed by atoms with van der Waals surface area (Å²) in [6.45, 7) is 3.15. The molecule has 1 unspecified atom stereocenters. The number of amides is 1. The van der Waals surface area contributed by atoms with Crippen LogP contribution in [0.5, 0.6) is 5.75 Å². The summed E-state index contributed by atoms with van der Waals surface area (Å²) in [6, 6.07) is 13.6. The molecule has 0 aliphatic carbocycles. The first kappa shape index (κ1) is 21.0. The molecule has 4 nitrogen and oxygen atoms in total. The summed E-state index contributed by atoms with van der Waals surface area (Å²) < 4.78 is 5.19. The lowest BCUT2D eigenvalue weighted by Crippen LogP contribution is -2.43. The molecular formula is C22H26Cl2N2O2. The molecule has 0 radical (unpaired) electrons. The van der Waals surface area contributed by atoms with Gasteiger partial charge in [-0.15, -0.1) is 0 Å². The fourth-order valence-corrected chi connectivity index (χ4v) is 4.01. The van der Waals surface area contributed by atoms with Gasteiger partial charge in [0.1, 0.15) is 5.75 Å².